The maximum Gasteiger partial charge on any atom is 0.253 e. The number of nitrogens with zero attached hydrogens (tertiary/aromatic N) is 4. The molecule has 1 aliphatic carbocycles. The molecule has 0 aliphatic heterocycles. The van der Waals surface area contributed by atoms with Crippen LogP contribution < -0.4 is 5.32 Å². The minimum absolute atomic E-state index is 0.220. The summed E-state index contributed by atoms with van der Waals surface area (Å²) in [4.78, 5) is 25.7. The molecule has 0 bridgehead atoms. The van der Waals surface area contributed by atoms with Gasteiger partial charge in [0.15, 0.2) is 0 Å². The number of halogens is 1. The number of aliphatic hydroxyl groups is 1. The fraction of sp³-hybridized carbons (Fsp3) is 0.368. The van der Waals surface area contributed by atoms with Crippen molar-refractivity contribution >= 4 is 28.5 Å². The molecule has 3 aromatic heterocycles. The lowest BCUT2D eigenvalue weighted by Crippen LogP contribution is -2.44. The molecule has 1 aliphatic rings. The van der Waals surface area contributed by atoms with Crippen molar-refractivity contribution in [2.24, 2.45) is 0 Å². The first-order chi connectivity index (χ1) is 13.1. The minimum Gasteiger partial charge on any atom is -0.388 e. The summed E-state index contributed by atoms with van der Waals surface area (Å²) in [6.07, 6.45) is 11.0. The van der Waals surface area contributed by atoms with Gasteiger partial charge in [-0.3, -0.25) is 9.36 Å². The Balaban J connectivity index is 1.68. The van der Waals surface area contributed by atoms with Gasteiger partial charge in [0.25, 0.3) is 5.91 Å². The highest BCUT2D eigenvalue weighted by molar-refractivity contribution is 6.36. The molecule has 0 saturated heterocycles. The number of hydrogen-bond donors (Lipinski definition) is 2. The van der Waals surface area contributed by atoms with Gasteiger partial charge < -0.3 is 10.4 Å². The Bertz CT molecular complexity index is 967. The molecule has 1 saturated carbocycles. The van der Waals surface area contributed by atoms with Crippen molar-refractivity contribution in [3.8, 4) is 5.95 Å². The predicted molar refractivity (Wildman–Crippen MR) is 102 cm³/mol. The molecule has 140 valence electrons. The number of carbonyl (C=O) groups is 1. The average Bonchev–Trinajstić information content (AvgIpc) is 3.09. The summed E-state index contributed by atoms with van der Waals surface area (Å²) in [7, 11) is 0. The molecule has 3 aromatic rings. The van der Waals surface area contributed by atoms with Crippen LogP contribution in [-0.2, 0) is 0 Å². The van der Waals surface area contributed by atoms with E-state index in [1.165, 1.54) is 0 Å². The molecule has 0 atom stereocenters. The standard InChI is InChI=1S/C19H20ClN5O2/c20-14-5-10-21-16-15(14)13(11-25(16)18-22-8-4-9-23-18)17(26)24-12-19(27)6-2-1-3-7-19/h4-5,8-11,27H,1-3,6-7,12H2,(H,24,26). The van der Waals surface area contributed by atoms with Gasteiger partial charge in [-0.25, -0.2) is 15.0 Å². The summed E-state index contributed by atoms with van der Waals surface area (Å²) in [5.74, 6) is 0.103. The second-order valence-electron chi connectivity index (χ2n) is 6.92. The number of aromatic nitrogens is 4. The van der Waals surface area contributed by atoms with E-state index in [4.69, 9.17) is 11.6 Å². The number of hydrogen-bond acceptors (Lipinski definition) is 5. The Morgan fingerprint density at radius 1 is 1.19 bits per heavy atom. The first-order valence-corrected chi connectivity index (χ1v) is 9.39. The quantitative estimate of drug-likeness (QED) is 0.720. The predicted octanol–water partition coefficient (Wildman–Crippen LogP) is 2.89. The van der Waals surface area contributed by atoms with E-state index in [1.54, 1.807) is 41.5 Å². The Morgan fingerprint density at radius 2 is 1.93 bits per heavy atom. The van der Waals surface area contributed by atoms with Crippen LogP contribution in [0.2, 0.25) is 5.02 Å². The Labute approximate surface area is 161 Å². The van der Waals surface area contributed by atoms with E-state index in [0.717, 1.165) is 19.3 Å². The van der Waals surface area contributed by atoms with Crippen LogP contribution in [0.15, 0.2) is 36.9 Å². The highest BCUT2D eigenvalue weighted by Crippen LogP contribution is 2.30. The van der Waals surface area contributed by atoms with E-state index in [9.17, 15) is 9.90 Å². The van der Waals surface area contributed by atoms with E-state index >= 15 is 0 Å². The number of amides is 1. The molecule has 7 nitrogen and oxygen atoms in total. The van der Waals surface area contributed by atoms with Gasteiger partial charge in [-0.05, 0) is 25.0 Å². The SMILES string of the molecule is O=C(NCC1(O)CCCCC1)c1cn(-c2ncccn2)c2nccc(Cl)c12. The molecule has 4 rings (SSSR count). The van der Waals surface area contributed by atoms with Crippen LogP contribution in [-0.4, -0.2) is 42.7 Å². The van der Waals surface area contributed by atoms with Crippen molar-refractivity contribution in [2.45, 2.75) is 37.7 Å². The summed E-state index contributed by atoms with van der Waals surface area (Å²) in [6, 6.07) is 3.36. The lowest BCUT2D eigenvalue weighted by Gasteiger charge is -2.32. The fourth-order valence-corrected chi connectivity index (χ4v) is 3.82. The van der Waals surface area contributed by atoms with Gasteiger partial charge in [0.1, 0.15) is 5.65 Å². The van der Waals surface area contributed by atoms with E-state index in [0.29, 0.717) is 40.4 Å². The van der Waals surface area contributed by atoms with Crippen molar-refractivity contribution in [3.05, 3.63) is 47.5 Å². The zero-order valence-corrected chi connectivity index (χ0v) is 15.5. The van der Waals surface area contributed by atoms with Crippen molar-refractivity contribution in [1.29, 1.82) is 0 Å². The van der Waals surface area contributed by atoms with Crippen LogP contribution in [0, 0.1) is 0 Å². The third kappa shape index (κ3) is 3.52. The largest absolute Gasteiger partial charge is 0.388 e. The van der Waals surface area contributed by atoms with Crippen LogP contribution in [0.4, 0.5) is 0 Å². The summed E-state index contributed by atoms with van der Waals surface area (Å²) >= 11 is 6.36. The molecule has 27 heavy (non-hydrogen) atoms. The molecular formula is C19H20ClN5O2. The summed E-state index contributed by atoms with van der Waals surface area (Å²) in [5.41, 5.74) is 0.0573. The van der Waals surface area contributed by atoms with Gasteiger partial charge in [0.2, 0.25) is 5.95 Å². The van der Waals surface area contributed by atoms with Crippen LogP contribution in [0.1, 0.15) is 42.5 Å². The highest BCUT2D eigenvalue weighted by Gasteiger charge is 2.30. The van der Waals surface area contributed by atoms with Crippen molar-refractivity contribution in [2.75, 3.05) is 6.54 Å². The smallest absolute Gasteiger partial charge is 0.253 e. The third-order valence-corrected chi connectivity index (χ3v) is 5.33. The second-order valence-corrected chi connectivity index (χ2v) is 7.33. The molecule has 2 N–H and O–H groups in total. The number of pyridine rings is 1. The van der Waals surface area contributed by atoms with Gasteiger partial charge in [-0.15, -0.1) is 0 Å². The average molecular weight is 386 g/mol. The van der Waals surface area contributed by atoms with Gasteiger partial charge in [-0.2, -0.15) is 0 Å². The number of fused-ring (bicyclic) bond motifs is 1. The molecular weight excluding hydrogens is 366 g/mol. The lowest BCUT2D eigenvalue weighted by atomic mass is 9.85. The molecule has 0 unspecified atom stereocenters. The molecule has 1 amide bonds. The van der Waals surface area contributed by atoms with Crippen LogP contribution in [0.25, 0.3) is 17.0 Å². The van der Waals surface area contributed by atoms with Gasteiger partial charge in [0, 0.05) is 31.3 Å². The first kappa shape index (κ1) is 17.9. The zero-order chi connectivity index (χ0) is 18.9. The van der Waals surface area contributed by atoms with Crippen molar-refractivity contribution < 1.29 is 9.90 Å². The molecule has 1 fully saturated rings. The second kappa shape index (κ2) is 7.25. The van der Waals surface area contributed by atoms with Crippen LogP contribution in [0.5, 0.6) is 0 Å². The van der Waals surface area contributed by atoms with Crippen LogP contribution >= 0.6 is 11.6 Å². The van der Waals surface area contributed by atoms with Gasteiger partial charge in [0.05, 0.1) is 21.6 Å². The highest BCUT2D eigenvalue weighted by atomic mass is 35.5. The molecule has 8 heteroatoms. The van der Waals surface area contributed by atoms with E-state index < -0.39 is 5.60 Å². The number of rotatable bonds is 4. The first-order valence-electron chi connectivity index (χ1n) is 9.01. The maximum atomic E-state index is 12.9. The van der Waals surface area contributed by atoms with Crippen molar-refractivity contribution in [3.63, 3.8) is 0 Å². The summed E-state index contributed by atoms with van der Waals surface area (Å²) < 4.78 is 1.64. The van der Waals surface area contributed by atoms with E-state index in [2.05, 4.69) is 20.3 Å². The van der Waals surface area contributed by atoms with Gasteiger partial charge in [-0.1, -0.05) is 30.9 Å². The normalized spacial score (nSPS) is 16.4. The zero-order valence-electron chi connectivity index (χ0n) is 14.7. The minimum atomic E-state index is -0.836. The summed E-state index contributed by atoms with van der Waals surface area (Å²) in [5, 5.41) is 14.5. The topological polar surface area (TPSA) is 92.9 Å². The lowest BCUT2D eigenvalue weighted by molar-refractivity contribution is 0.00527. The van der Waals surface area contributed by atoms with Gasteiger partial charge >= 0.3 is 0 Å². The Morgan fingerprint density at radius 3 is 2.67 bits per heavy atom. The molecule has 0 spiro atoms. The van der Waals surface area contributed by atoms with Crippen molar-refractivity contribution in [1.82, 2.24) is 24.8 Å². The van der Waals surface area contributed by atoms with E-state index in [1.807, 2.05) is 0 Å². The molecule has 0 aromatic carbocycles. The Kier molecular flexibility index (Phi) is 4.80. The molecule has 3 heterocycles. The monoisotopic (exact) mass is 385 g/mol. The summed E-state index contributed by atoms with van der Waals surface area (Å²) in [6.45, 7) is 0.220. The van der Waals surface area contributed by atoms with Crippen LogP contribution in [0.3, 0.4) is 0 Å². The number of nitrogens with one attached hydrogen (secondary N) is 1. The third-order valence-electron chi connectivity index (χ3n) is 5.01. The Hall–Kier alpha value is -2.51. The fourth-order valence-electron chi connectivity index (χ4n) is 3.58. The number of carbonyl (C=O) groups excluding carboxylic acids is 1. The maximum absolute atomic E-state index is 12.9. The molecule has 0 radical (unpaired) electrons. The van der Waals surface area contributed by atoms with E-state index in [-0.39, 0.29) is 12.5 Å².